The quantitative estimate of drug-likeness (QED) is 0.912. The average Bonchev–Trinajstić information content (AvgIpc) is 2.42. The molecule has 0 amide bonds. The summed E-state index contributed by atoms with van der Waals surface area (Å²) >= 11 is 0. The van der Waals surface area contributed by atoms with Crippen molar-refractivity contribution in [3.8, 4) is 11.5 Å². The molecule has 19 heavy (non-hydrogen) atoms. The highest BCUT2D eigenvalue weighted by Gasteiger charge is 2.15. The first-order valence-corrected chi connectivity index (χ1v) is 6.18. The largest absolute Gasteiger partial charge is 0.452 e. The number of ether oxygens (including phenoxy) is 1. The zero-order valence-electron chi connectivity index (χ0n) is 11.3. The van der Waals surface area contributed by atoms with Crippen molar-refractivity contribution in [2.45, 2.75) is 19.9 Å². The SMILES string of the molecule is CNC(C)c1cccc(F)c1Oc1ccc(C)nc1. The molecule has 0 bridgehead atoms. The highest BCUT2D eigenvalue weighted by Crippen LogP contribution is 2.31. The highest BCUT2D eigenvalue weighted by atomic mass is 19.1. The van der Waals surface area contributed by atoms with E-state index in [4.69, 9.17) is 4.74 Å². The van der Waals surface area contributed by atoms with Crippen molar-refractivity contribution in [2.75, 3.05) is 7.05 Å². The number of nitrogens with one attached hydrogen (secondary N) is 1. The van der Waals surface area contributed by atoms with Crippen LogP contribution in [0, 0.1) is 12.7 Å². The molecule has 0 radical (unpaired) electrons. The lowest BCUT2D eigenvalue weighted by Gasteiger charge is -2.16. The lowest BCUT2D eigenvalue weighted by molar-refractivity contribution is 0.427. The molecule has 4 heteroatoms. The Hall–Kier alpha value is -1.94. The minimum Gasteiger partial charge on any atom is -0.452 e. The fraction of sp³-hybridized carbons (Fsp3) is 0.267. The van der Waals surface area contributed by atoms with E-state index in [-0.39, 0.29) is 17.6 Å². The van der Waals surface area contributed by atoms with E-state index >= 15 is 0 Å². The number of halogens is 1. The standard InChI is InChI=1S/C15H17FN2O/c1-10-7-8-12(9-18-10)19-15-13(11(2)17-3)5-4-6-14(15)16/h4-9,11,17H,1-3H3. The maximum absolute atomic E-state index is 13.9. The van der Waals surface area contributed by atoms with Crippen LogP contribution in [-0.2, 0) is 0 Å². The maximum atomic E-state index is 13.9. The Morgan fingerprint density at radius 2 is 2.05 bits per heavy atom. The van der Waals surface area contributed by atoms with Crippen LogP contribution < -0.4 is 10.1 Å². The Bertz CT molecular complexity index is 555. The Morgan fingerprint density at radius 3 is 2.68 bits per heavy atom. The second kappa shape index (κ2) is 5.80. The first kappa shape index (κ1) is 13.5. The van der Waals surface area contributed by atoms with Gasteiger partial charge in [-0.2, -0.15) is 0 Å². The number of rotatable bonds is 4. The second-order valence-electron chi connectivity index (χ2n) is 4.41. The minimum atomic E-state index is -0.375. The van der Waals surface area contributed by atoms with E-state index in [0.29, 0.717) is 5.75 Å². The first-order valence-electron chi connectivity index (χ1n) is 6.18. The molecule has 0 fully saturated rings. The maximum Gasteiger partial charge on any atom is 0.167 e. The van der Waals surface area contributed by atoms with Crippen molar-refractivity contribution in [3.05, 3.63) is 53.6 Å². The van der Waals surface area contributed by atoms with Gasteiger partial charge in [0, 0.05) is 17.3 Å². The molecule has 1 unspecified atom stereocenters. The predicted octanol–water partition coefficient (Wildman–Crippen LogP) is 3.60. The van der Waals surface area contributed by atoms with E-state index in [1.807, 2.05) is 33.0 Å². The van der Waals surface area contributed by atoms with E-state index in [9.17, 15) is 4.39 Å². The molecule has 1 atom stereocenters. The lowest BCUT2D eigenvalue weighted by Crippen LogP contribution is -2.13. The fourth-order valence-electron chi connectivity index (χ4n) is 1.76. The van der Waals surface area contributed by atoms with Gasteiger partial charge in [-0.1, -0.05) is 12.1 Å². The second-order valence-corrected chi connectivity index (χ2v) is 4.41. The van der Waals surface area contributed by atoms with Gasteiger partial charge in [-0.05, 0) is 39.1 Å². The number of benzene rings is 1. The summed E-state index contributed by atoms with van der Waals surface area (Å²) in [5.41, 5.74) is 1.67. The summed E-state index contributed by atoms with van der Waals surface area (Å²) in [5, 5.41) is 3.08. The molecule has 1 aromatic heterocycles. The molecule has 0 saturated carbocycles. The van der Waals surface area contributed by atoms with Crippen LogP contribution in [0.4, 0.5) is 4.39 Å². The van der Waals surface area contributed by atoms with Gasteiger partial charge in [-0.3, -0.25) is 4.98 Å². The van der Waals surface area contributed by atoms with Gasteiger partial charge in [0.1, 0.15) is 5.75 Å². The fourth-order valence-corrected chi connectivity index (χ4v) is 1.76. The molecular weight excluding hydrogens is 243 g/mol. The first-order chi connectivity index (χ1) is 9.11. The number of aryl methyl sites for hydroxylation is 1. The number of hydrogen-bond donors (Lipinski definition) is 1. The normalized spacial score (nSPS) is 12.2. The topological polar surface area (TPSA) is 34.1 Å². The summed E-state index contributed by atoms with van der Waals surface area (Å²) in [6.07, 6.45) is 1.59. The molecular formula is C15H17FN2O. The van der Waals surface area contributed by atoms with Crippen LogP contribution in [0.15, 0.2) is 36.5 Å². The zero-order valence-corrected chi connectivity index (χ0v) is 11.3. The van der Waals surface area contributed by atoms with Gasteiger partial charge in [0.15, 0.2) is 11.6 Å². The number of hydrogen-bond acceptors (Lipinski definition) is 3. The predicted molar refractivity (Wildman–Crippen MR) is 72.9 cm³/mol. The van der Waals surface area contributed by atoms with E-state index < -0.39 is 0 Å². The molecule has 1 N–H and O–H groups in total. The number of pyridine rings is 1. The van der Waals surface area contributed by atoms with Gasteiger partial charge in [0.2, 0.25) is 0 Å². The smallest absolute Gasteiger partial charge is 0.167 e. The van der Waals surface area contributed by atoms with Crippen LogP contribution in [0.1, 0.15) is 24.2 Å². The van der Waals surface area contributed by atoms with Crippen molar-refractivity contribution in [2.24, 2.45) is 0 Å². The Labute approximate surface area is 112 Å². The van der Waals surface area contributed by atoms with Crippen LogP contribution in [0.5, 0.6) is 11.5 Å². The van der Waals surface area contributed by atoms with Gasteiger partial charge >= 0.3 is 0 Å². The van der Waals surface area contributed by atoms with Gasteiger partial charge in [-0.15, -0.1) is 0 Å². The minimum absolute atomic E-state index is 0.00380. The molecule has 1 aromatic carbocycles. The number of nitrogens with zero attached hydrogens (tertiary/aromatic N) is 1. The van der Waals surface area contributed by atoms with E-state index in [1.165, 1.54) is 6.07 Å². The van der Waals surface area contributed by atoms with Gasteiger partial charge in [0.05, 0.1) is 6.20 Å². The van der Waals surface area contributed by atoms with Crippen molar-refractivity contribution >= 4 is 0 Å². The number of para-hydroxylation sites is 1. The van der Waals surface area contributed by atoms with Crippen LogP contribution in [0.3, 0.4) is 0 Å². The Kier molecular flexibility index (Phi) is 4.12. The van der Waals surface area contributed by atoms with Gasteiger partial charge in [-0.25, -0.2) is 4.39 Å². The monoisotopic (exact) mass is 260 g/mol. The zero-order chi connectivity index (χ0) is 13.8. The molecule has 100 valence electrons. The third-order valence-corrected chi connectivity index (χ3v) is 3.00. The highest BCUT2D eigenvalue weighted by molar-refractivity contribution is 5.40. The summed E-state index contributed by atoms with van der Waals surface area (Å²) in [4.78, 5) is 4.14. The molecule has 0 aliphatic rings. The van der Waals surface area contributed by atoms with Crippen LogP contribution in [0.2, 0.25) is 0 Å². The number of aromatic nitrogens is 1. The molecule has 2 aromatic rings. The average molecular weight is 260 g/mol. The summed E-state index contributed by atoms with van der Waals surface area (Å²) in [5.74, 6) is 0.399. The van der Waals surface area contributed by atoms with Crippen molar-refractivity contribution in [3.63, 3.8) is 0 Å². The van der Waals surface area contributed by atoms with E-state index in [2.05, 4.69) is 10.3 Å². The summed E-state index contributed by atoms with van der Waals surface area (Å²) < 4.78 is 19.6. The van der Waals surface area contributed by atoms with Crippen molar-refractivity contribution < 1.29 is 9.13 Å². The van der Waals surface area contributed by atoms with Crippen LogP contribution in [-0.4, -0.2) is 12.0 Å². The third kappa shape index (κ3) is 3.09. The van der Waals surface area contributed by atoms with Gasteiger partial charge in [0.25, 0.3) is 0 Å². The third-order valence-electron chi connectivity index (χ3n) is 3.00. The van der Waals surface area contributed by atoms with Crippen molar-refractivity contribution in [1.29, 1.82) is 0 Å². The van der Waals surface area contributed by atoms with Crippen LogP contribution in [0.25, 0.3) is 0 Å². The summed E-state index contributed by atoms with van der Waals surface area (Å²) in [7, 11) is 1.83. The molecule has 0 spiro atoms. The molecule has 0 aliphatic carbocycles. The van der Waals surface area contributed by atoms with E-state index in [0.717, 1.165) is 11.3 Å². The lowest BCUT2D eigenvalue weighted by atomic mass is 10.1. The van der Waals surface area contributed by atoms with E-state index in [1.54, 1.807) is 18.3 Å². The Balaban J connectivity index is 2.35. The Morgan fingerprint density at radius 1 is 1.26 bits per heavy atom. The summed E-state index contributed by atoms with van der Waals surface area (Å²) in [6.45, 7) is 3.84. The summed E-state index contributed by atoms with van der Waals surface area (Å²) in [6, 6.07) is 8.53. The molecule has 2 rings (SSSR count). The molecule has 1 heterocycles. The van der Waals surface area contributed by atoms with Crippen molar-refractivity contribution in [1.82, 2.24) is 10.3 Å². The van der Waals surface area contributed by atoms with Gasteiger partial charge < -0.3 is 10.1 Å². The van der Waals surface area contributed by atoms with Crippen LogP contribution >= 0.6 is 0 Å². The molecule has 3 nitrogen and oxygen atoms in total. The molecule has 0 aliphatic heterocycles. The molecule has 0 saturated heterocycles.